The van der Waals surface area contributed by atoms with Crippen LogP contribution in [0, 0.1) is 17.6 Å². The standard InChI is InChI=1S/C17H20F2N2O3/c18-12-4-6-14(15(19)9-12)17(24)20-7-1-2-16(23)21-13-5-3-11(8-13)10-22/h3-6,9,11,13,22H,1-2,7-8,10H2,(H,20,24)(H,21,23)/t11-,13+/m0/s1. The van der Waals surface area contributed by atoms with Crippen LogP contribution in [0.25, 0.3) is 0 Å². The minimum absolute atomic E-state index is 0.0643. The van der Waals surface area contributed by atoms with E-state index in [1.165, 1.54) is 0 Å². The molecule has 1 aromatic carbocycles. The molecule has 130 valence electrons. The van der Waals surface area contributed by atoms with Gasteiger partial charge in [-0.25, -0.2) is 8.78 Å². The highest BCUT2D eigenvalue weighted by Crippen LogP contribution is 2.17. The number of aliphatic hydroxyl groups excluding tert-OH is 1. The zero-order valence-electron chi connectivity index (χ0n) is 13.1. The molecule has 2 amide bonds. The summed E-state index contributed by atoms with van der Waals surface area (Å²) in [6, 6.07) is 2.67. The normalized spacial score (nSPS) is 19.3. The number of benzene rings is 1. The Morgan fingerprint density at radius 1 is 1.25 bits per heavy atom. The number of carbonyl (C=O) groups excluding carboxylic acids is 2. The van der Waals surface area contributed by atoms with Crippen molar-refractivity contribution in [3.8, 4) is 0 Å². The minimum atomic E-state index is -0.920. The smallest absolute Gasteiger partial charge is 0.254 e. The van der Waals surface area contributed by atoms with Crippen LogP contribution >= 0.6 is 0 Å². The van der Waals surface area contributed by atoms with E-state index in [-0.39, 0.29) is 43.0 Å². The van der Waals surface area contributed by atoms with Crippen molar-refractivity contribution in [1.29, 1.82) is 0 Å². The molecule has 2 rings (SSSR count). The molecule has 1 aliphatic carbocycles. The maximum atomic E-state index is 13.4. The van der Waals surface area contributed by atoms with Gasteiger partial charge < -0.3 is 15.7 Å². The number of nitrogens with one attached hydrogen (secondary N) is 2. The summed E-state index contributed by atoms with van der Waals surface area (Å²) in [5.41, 5.74) is -0.230. The molecule has 0 saturated heterocycles. The van der Waals surface area contributed by atoms with Crippen molar-refractivity contribution < 1.29 is 23.5 Å². The van der Waals surface area contributed by atoms with Crippen molar-refractivity contribution in [3.63, 3.8) is 0 Å². The summed E-state index contributed by atoms with van der Waals surface area (Å²) in [4.78, 5) is 23.5. The molecule has 2 atom stereocenters. The molecule has 7 heteroatoms. The first-order valence-corrected chi connectivity index (χ1v) is 7.81. The number of halogens is 2. The quantitative estimate of drug-likeness (QED) is 0.521. The summed E-state index contributed by atoms with van der Waals surface area (Å²) in [5.74, 6) is -2.37. The maximum absolute atomic E-state index is 13.4. The second kappa shape index (κ2) is 8.54. The van der Waals surface area contributed by atoms with Gasteiger partial charge in [-0.15, -0.1) is 0 Å². The molecule has 0 aliphatic heterocycles. The Morgan fingerprint density at radius 2 is 2.04 bits per heavy atom. The van der Waals surface area contributed by atoms with E-state index < -0.39 is 17.5 Å². The van der Waals surface area contributed by atoms with E-state index in [4.69, 9.17) is 5.11 Å². The molecule has 24 heavy (non-hydrogen) atoms. The predicted molar refractivity (Wildman–Crippen MR) is 84.2 cm³/mol. The van der Waals surface area contributed by atoms with Crippen LogP contribution in [0.15, 0.2) is 30.4 Å². The van der Waals surface area contributed by atoms with Crippen molar-refractivity contribution in [3.05, 3.63) is 47.5 Å². The molecule has 0 fully saturated rings. The van der Waals surface area contributed by atoms with Gasteiger partial charge in [0, 0.05) is 37.6 Å². The fraction of sp³-hybridized carbons (Fsp3) is 0.412. The van der Waals surface area contributed by atoms with E-state index in [9.17, 15) is 18.4 Å². The first kappa shape index (κ1) is 18.1. The van der Waals surface area contributed by atoms with Gasteiger partial charge in [-0.05, 0) is 25.0 Å². The lowest BCUT2D eigenvalue weighted by Gasteiger charge is -2.12. The number of rotatable bonds is 7. The van der Waals surface area contributed by atoms with Gasteiger partial charge in [0.05, 0.1) is 5.56 Å². The van der Waals surface area contributed by atoms with E-state index in [1.807, 2.05) is 12.2 Å². The minimum Gasteiger partial charge on any atom is -0.396 e. The van der Waals surface area contributed by atoms with Gasteiger partial charge in [-0.3, -0.25) is 9.59 Å². The van der Waals surface area contributed by atoms with Gasteiger partial charge in [-0.2, -0.15) is 0 Å². The second-order valence-electron chi connectivity index (χ2n) is 5.72. The molecule has 1 aromatic rings. The van der Waals surface area contributed by atoms with Crippen molar-refractivity contribution in [2.24, 2.45) is 5.92 Å². The van der Waals surface area contributed by atoms with Crippen LogP contribution in [0.5, 0.6) is 0 Å². The van der Waals surface area contributed by atoms with Crippen LogP contribution in [-0.4, -0.2) is 36.1 Å². The molecule has 5 nitrogen and oxygen atoms in total. The van der Waals surface area contributed by atoms with E-state index in [0.29, 0.717) is 18.9 Å². The third-order valence-electron chi connectivity index (χ3n) is 3.80. The molecule has 0 unspecified atom stereocenters. The highest BCUT2D eigenvalue weighted by atomic mass is 19.1. The third kappa shape index (κ3) is 5.13. The third-order valence-corrected chi connectivity index (χ3v) is 3.80. The van der Waals surface area contributed by atoms with Gasteiger partial charge in [-0.1, -0.05) is 12.2 Å². The molecule has 0 bridgehead atoms. The number of aliphatic hydroxyl groups is 1. The summed E-state index contributed by atoms with van der Waals surface area (Å²) < 4.78 is 26.2. The summed E-state index contributed by atoms with van der Waals surface area (Å²) in [6.07, 6.45) is 5.05. The summed E-state index contributed by atoms with van der Waals surface area (Å²) in [5, 5.41) is 14.3. The molecular weight excluding hydrogens is 318 g/mol. The van der Waals surface area contributed by atoms with E-state index in [1.54, 1.807) is 0 Å². The monoisotopic (exact) mass is 338 g/mol. The van der Waals surface area contributed by atoms with Crippen LogP contribution in [-0.2, 0) is 4.79 Å². The van der Waals surface area contributed by atoms with Gasteiger partial charge in [0.25, 0.3) is 5.91 Å². The Balaban J connectivity index is 1.66. The highest BCUT2D eigenvalue weighted by Gasteiger charge is 2.19. The Bertz CT molecular complexity index is 634. The van der Waals surface area contributed by atoms with E-state index in [2.05, 4.69) is 10.6 Å². The molecule has 0 radical (unpaired) electrons. The lowest BCUT2D eigenvalue weighted by Crippen LogP contribution is -2.33. The zero-order chi connectivity index (χ0) is 17.5. The molecule has 0 aromatic heterocycles. The molecule has 1 aliphatic rings. The summed E-state index contributed by atoms with van der Waals surface area (Å²) in [6.45, 7) is 0.275. The van der Waals surface area contributed by atoms with Crippen LogP contribution in [0.2, 0.25) is 0 Å². The summed E-state index contributed by atoms with van der Waals surface area (Å²) >= 11 is 0. The number of hydrogen-bond acceptors (Lipinski definition) is 3. The average Bonchev–Trinajstić information content (AvgIpc) is 2.99. The fourth-order valence-corrected chi connectivity index (χ4v) is 2.52. The Kier molecular flexibility index (Phi) is 6.43. The molecule has 3 N–H and O–H groups in total. The van der Waals surface area contributed by atoms with Gasteiger partial charge >= 0.3 is 0 Å². The number of amides is 2. The van der Waals surface area contributed by atoms with Crippen molar-refractivity contribution in [2.75, 3.05) is 13.2 Å². The highest BCUT2D eigenvalue weighted by molar-refractivity contribution is 5.94. The van der Waals surface area contributed by atoms with E-state index >= 15 is 0 Å². The van der Waals surface area contributed by atoms with E-state index in [0.717, 1.165) is 12.1 Å². The van der Waals surface area contributed by atoms with Crippen molar-refractivity contribution >= 4 is 11.8 Å². The van der Waals surface area contributed by atoms with Crippen LogP contribution < -0.4 is 10.6 Å². The van der Waals surface area contributed by atoms with Gasteiger partial charge in [0.2, 0.25) is 5.91 Å². The number of carbonyl (C=O) groups is 2. The maximum Gasteiger partial charge on any atom is 0.254 e. The van der Waals surface area contributed by atoms with Gasteiger partial charge in [0.15, 0.2) is 0 Å². The largest absolute Gasteiger partial charge is 0.396 e. The average molecular weight is 338 g/mol. The molecule has 0 heterocycles. The van der Waals surface area contributed by atoms with Gasteiger partial charge in [0.1, 0.15) is 11.6 Å². The predicted octanol–water partition coefficient (Wildman–Crippen LogP) is 1.53. The zero-order valence-corrected chi connectivity index (χ0v) is 13.1. The Labute approximate surface area is 138 Å². The van der Waals surface area contributed by atoms with Crippen molar-refractivity contribution in [1.82, 2.24) is 10.6 Å². The van der Waals surface area contributed by atoms with Crippen LogP contribution in [0.1, 0.15) is 29.6 Å². The lowest BCUT2D eigenvalue weighted by atomic mass is 10.1. The van der Waals surface area contributed by atoms with Crippen LogP contribution in [0.4, 0.5) is 8.78 Å². The SMILES string of the molecule is O=C(CCCNC(=O)c1ccc(F)cc1F)N[C@@H]1C=C[C@H](CO)C1. The molecule has 0 spiro atoms. The summed E-state index contributed by atoms with van der Waals surface area (Å²) in [7, 11) is 0. The first-order valence-electron chi connectivity index (χ1n) is 7.81. The topological polar surface area (TPSA) is 78.4 Å². The van der Waals surface area contributed by atoms with Crippen LogP contribution in [0.3, 0.4) is 0 Å². The molecule has 0 saturated carbocycles. The second-order valence-corrected chi connectivity index (χ2v) is 5.72. The molecular formula is C17H20F2N2O3. The lowest BCUT2D eigenvalue weighted by molar-refractivity contribution is -0.121. The Morgan fingerprint density at radius 3 is 2.71 bits per heavy atom. The Hall–Kier alpha value is -2.28. The fourth-order valence-electron chi connectivity index (χ4n) is 2.52. The number of hydrogen-bond donors (Lipinski definition) is 3. The first-order chi connectivity index (χ1) is 11.5. The van der Waals surface area contributed by atoms with Crippen molar-refractivity contribution in [2.45, 2.75) is 25.3 Å².